The third kappa shape index (κ3) is 5.73. The molecule has 98 valence electrons. The van der Waals surface area contributed by atoms with E-state index in [-0.39, 0.29) is 24.8 Å². The highest BCUT2D eigenvalue weighted by Crippen LogP contribution is 2.12. The van der Waals surface area contributed by atoms with E-state index in [1.165, 1.54) is 24.9 Å². The van der Waals surface area contributed by atoms with Gasteiger partial charge in [0.2, 0.25) is 0 Å². The van der Waals surface area contributed by atoms with E-state index < -0.39 is 0 Å². The second-order valence-corrected chi connectivity index (χ2v) is 4.45. The minimum atomic E-state index is 0. The molecule has 0 aromatic heterocycles. The van der Waals surface area contributed by atoms with Gasteiger partial charge in [0, 0.05) is 12.6 Å². The molecule has 1 aliphatic heterocycles. The Morgan fingerprint density at radius 3 is 2.47 bits per heavy atom. The highest BCUT2D eigenvalue weighted by Gasteiger charge is 2.13. The molecule has 0 bridgehead atoms. The fourth-order valence-electron chi connectivity index (χ4n) is 2.18. The number of nitrogens with two attached hydrogens (primary N) is 1. The Kier molecular flexibility index (Phi) is 8.61. The quantitative estimate of drug-likeness (QED) is 0.900. The average molecular weight is 277 g/mol. The normalized spacial score (nSPS) is 20.9. The molecule has 0 amide bonds. The molecule has 1 aromatic rings. The van der Waals surface area contributed by atoms with Gasteiger partial charge in [-0.2, -0.15) is 0 Å². The first kappa shape index (κ1) is 16.7. The van der Waals surface area contributed by atoms with Crippen molar-refractivity contribution in [2.75, 3.05) is 13.1 Å². The van der Waals surface area contributed by atoms with Crippen molar-refractivity contribution < 1.29 is 0 Å². The minimum Gasteiger partial charge on any atom is -0.328 e. The lowest BCUT2D eigenvalue weighted by atomic mass is 10.1. The number of hydrogen-bond donors (Lipinski definition) is 1. The van der Waals surface area contributed by atoms with Crippen LogP contribution in [0.4, 0.5) is 0 Å². The summed E-state index contributed by atoms with van der Waals surface area (Å²) in [6.07, 6.45) is 3.58. The van der Waals surface area contributed by atoms with Crippen molar-refractivity contribution >= 4 is 24.8 Å². The van der Waals surface area contributed by atoms with Crippen LogP contribution in [-0.4, -0.2) is 24.0 Å². The summed E-state index contributed by atoms with van der Waals surface area (Å²) in [6, 6.07) is 11.1. The Labute approximate surface area is 116 Å². The second kappa shape index (κ2) is 8.76. The summed E-state index contributed by atoms with van der Waals surface area (Å²) in [6.45, 7) is 3.42. The van der Waals surface area contributed by atoms with Gasteiger partial charge in [0.15, 0.2) is 0 Å². The molecule has 2 rings (SSSR count). The van der Waals surface area contributed by atoms with Gasteiger partial charge in [-0.05, 0) is 37.9 Å². The summed E-state index contributed by atoms with van der Waals surface area (Å²) in [7, 11) is 0. The monoisotopic (exact) mass is 276 g/mol. The van der Waals surface area contributed by atoms with Crippen LogP contribution in [-0.2, 0) is 6.54 Å². The van der Waals surface area contributed by atoms with E-state index >= 15 is 0 Å². The van der Waals surface area contributed by atoms with Gasteiger partial charge < -0.3 is 5.73 Å². The molecule has 1 saturated heterocycles. The van der Waals surface area contributed by atoms with Crippen molar-refractivity contribution in [2.24, 2.45) is 5.73 Å². The van der Waals surface area contributed by atoms with Crippen LogP contribution in [0.15, 0.2) is 30.3 Å². The zero-order valence-corrected chi connectivity index (χ0v) is 11.7. The van der Waals surface area contributed by atoms with Crippen molar-refractivity contribution in [3.05, 3.63) is 35.9 Å². The molecular weight excluding hydrogens is 255 g/mol. The van der Waals surface area contributed by atoms with E-state index in [9.17, 15) is 0 Å². The van der Waals surface area contributed by atoms with Crippen LogP contribution in [0.5, 0.6) is 0 Å². The molecule has 1 heterocycles. The van der Waals surface area contributed by atoms with E-state index in [0.29, 0.717) is 6.04 Å². The maximum Gasteiger partial charge on any atom is 0.0233 e. The van der Waals surface area contributed by atoms with Crippen LogP contribution in [0.2, 0.25) is 0 Å². The molecule has 0 aliphatic carbocycles. The fraction of sp³-hybridized carbons (Fsp3) is 0.538. The Bertz CT molecular complexity index is 293. The summed E-state index contributed by atoms with van der Waals surface area (Å²) >= 11 is 0. The van der Waals surface area contributed by atoms with Crippen molar-refractivity contribution in [3.8, 4) is 0 Å². The maximum atomic E-state index is 5.96. The Morgan fingerprint density at radius 1 is 1.06 bits per heavy atom. The number of benzene rings is 1. The largest absolute Gasteiger partial charge is 0.328 e. The molecule has 2 N–H and O–H groups in total. The minimum absolute atomic E-state index is 0. The van der Waals surface area contributed by atoms with Crippen LogP contribution < -0.4 is 5.73 Å². The molecule has 1 aliphatic rings. The molecule has 1 atom stereocenters. The highest BCUT2D eigenvalue weighted by atomic mass is 35.5. The van der Waals surface area contributed by atoms with Crippen molar-refractivity contribution in [1.29, 1.82) is 0 Å². The number of rotatable bonds is 2. The number of hydrogen-bond acceptors (Lipinski definition) is 2. The summed E-state index contributed by atoms with van der Waals surface area (Å²) in [5.41, 5.74) is 7.37. The van der Waals surface area contributed by atoms with Gasteiger partial charge in [-0.1, -0.05) is 30.3 Å². The van der Waals surface area contributed by atoms with Crippen LogP contribution in [0, 0.1) is 0 Å². The third-order valence-electron chi connectivity index (χ3n) is 3.11. The molecule has 0 radical (unpaired) electrons. The van der Waals surface area contributed by atoms with Gasteiger partial charge in [0.1, 0.15) is 0 Å². The van der Waals surface area contributed by atoms with Crippen molar-refractivity contribution in [1.82, 2.24) is 4.90 Å². The predicted octanol–water partition coefficient (Wildman–Crippen LogP) is 2.84. The van der Waals surface area contributed by atoms with E-state index in [1.807, 2.05) is 0 Å². The maximum absolute atomic E-state index is 5.96. The first-order valence-electron chi connectivity index (χ1n) is 5.86. The van der Waals surface area contributed by atoms with Crippen LogP contribution in [0.3, 0.4) is 0 Å². The van der Waals surface area contributed by atoms with Crippen molar-refractivity contribution in [2.45, 2.75) is 31.8 Å². The van der Waals surface area contributed by atoms with Gasteiger partial charge in [-0.25, -0.2) is 0 Å². The van der Waals surface area contributed by atoms with E-state index in [1.54, 1.807) is 0 Å². The molecule has 0 saturated carbocycles. The van der Waals surface area contributed by atoms with Gasteiger partial charge >= 0.3 is 0 Å². The van der Waals surface area contributed by atoms with E-state index in [0.717, 1.165) is 19.5 Å². The van der Waals surface area contributed by atoms with Crippen molar-refractivity contribution in [3.63, 3.8) is 0 Å². The zero-order chi connectivity index (χ0) is 10.5. The molecule has 0 spiro atoms. The molecule has 1 unspecified atom stereocenters. The molecule has 1 aromatic carbocycles. The summed E-state index contributed by atoms with van der Waals surface area (Å²) < 4.78 is 0. The lowest BCUT2D eigenvalue weighted by Gasteiger charge is -2.19. The summed E-state index contributed by atoms with van der Waals surface area (Å²) in [4.78, 5) is 2.52. The molecule has 1 fully saturated rings. The van der Waals surface area contributed by atoms with Crippen LogP contribution in [0.25, 0.3) is 0 Å². The van der Waals surface area contributed by atoms with E-state index in [2.05, 4.69) is 35.2 Å². The number of likely N-dealkylation sites (tertiary alicyclic amines) is 1. The van der Waals surface area contributed by atoms with Gasteiger partial charge in [0.25, 0.3) is 0 Å². The van der Waals surface area contributed by atoms with Gasteiger partial charge in [-0.3, -0.25) is 4.90 Å². The first-order chi connectivity index (χ1) is 7.34. The Hall–Kier alpha value is -0.280. The average Bonchev–Trinajstić information content (AvgIpc) is 2.46. The first-order valence-corrected chi connectivity index (χ1v) is 5.86. The van der Waals surface area contributed by atoms with Gasteiger partial charge in [-0.15, -0.1) is 24.8 Å². The number of halogens is 2. The van der Waals surface area contributed by atoms with E-state index in [4.69, 9.17) is 5.73 Å². The third-order valence-corrected chi connectivity index (χ3v) is 3.11. The SMILES string of the molecule is Cl.Cl.NC1CCCN(Cc2ccccc2)CC1. The summed E-state index contributed by atoms with van der Waals surface area (Å²) in [5, 5.41) is 0. The zero-order valence-electron chi connectivity index (χ0n) is 10.0. The second-order valence-electron chi connectivity index (χ2n) is 4.45. The van der Waals surface area contributed by atoms with Crippen LogP contribution in [0.1, 0.15) is 24.8 Å². The lowest BCUT2D eigenvalue weighted by Crippen LogP contribution is -2.26. The molecular formula is C13H22Cl2N2. The van der Waals surface area contributed by atoms with Crippen LogP contribution >= 0.6 is 24.8 Å². The highest BCUT2D eigenvalue weighted by molar-refractivity contribution is 5.85. The molecule has 2 nitrogen and oxygen atoms in total. The lowest BCUT2D eigenvalue weighted by molar-refractivity contribution is 0.276. The standard InChI is InChI=1S/C13H20N2.2ClH/c14-13-7-4-9-15(10-8-13)11-12-5-2-1-3-6-12;;/h1-3,5-6,13H,4,7-11,14H2;2*1H. The Balaban J connectivity index is 0.00000128. The fourth-order valence-corrected chi connectivity index (χ4v) is 2.18. The van der Waals surface area contributed by atoms with Gasteiger partial charge in [0.05, 0.1) is 0 Å². The predicted molar refractivity (Wildman–Crippen MR) is 78.0 cm³/mol. The topological polar surface area (TPSA) is 29.3 Å². The number of nitrogens with zero attached hydrogens (tertiary/aromatic N) is 1. The smallest absolute Gasteiger partial charge is 0.0233 e. The Morgan fingerprint density at radius 2 is 1.76 bits per heavy atom. The molecule has 4 heteroatoms. The molecule has 17 heavy (non-hydrogen) atoms. The summed E-state index contributed by atoms with van der Waals surface area (Å²) in [5.74, 6) is 0.